The Morgan fingerprint density at radius 3 is 1.79 bits per heavy atom. The van der Waals surface area contributed by atoms with Gasteiger partial charge in [-0.05, 0) is 16.5 Å². The molecule has 0 radical (unpaired) electrons. The van der Waals surface area contributed by atoms with Gasteiger partial charge in [-0.3, -0.25) is 4.79 Å². The Bertz CT molecular complexity index is 540. The highest BCUT2D eigenvalue weighted by molar-refractivity contribution is 5.76. The summed E-state index contributed by atoms with van der Waals surface area (Å²) in [5.74, 6) is -4.96. The molecule has 0 saturated carbocycles. The minimum Gasteiger partial charge on any atom is -0.352 e. The summed E-state index contributed by atoms with van der Waals surface area (Å²) in [5, 5.41) is 2.09. The summed E-state index contributed by atoms with van der Waals surface area (Å²) in [6.45, 7) is 5.86. The molecular weight excluding hydrogens is 336 g/mol. The van der Waals surface area contributed by atoms with Crippen LogP contribution in [0.25, 0.3) is 0 Å². The van der Waals surface area contributed by atoms with Gasteiger partial charge in [0, 0.05) is 13.0 Å². The standard InChI is InChI=1S/C16H19F6NO/c1-14(2,3)11-6-4-10(5-7-11)9-23-13(24)8-12(15(17,18)19)16(20,21)22/h4-7,12H,8-9H2,1-3H3,(H,23,24). The molecule has 8 heteroatoms. The Hall–Kier alpha value is -1.73. The van der Waals surface area contributed by atoms with Crippen LogP contribution in [0.15, 0.2) is 24.3 Å². The van der Waals surface area contributed by atoms with Crippen molar-refractivity contribution in [3.8, 4) is 0 Å². The van der Waals surface area contributed by atoms with Gasteiger partial charge in [0.25, 0.3) is 0 Å². The minimum atomic E-state index is -5.51. The lowest BCUT2D eigenvalue weighted by atomic mass is 9.87. The highest BCUT2D eigenvalue weighted by atomic mass is 19.4. The summed E-state index contributed by atoms with van der Waals surface area (Å²) >= 11 is 0. The molecule has 0 saturated heterocycles. The number of alkyl halides is 6. The second-order valence-electron chi connectivity index (χ2n) is 6.56. The van der Waals surface area contributed by atoms with Gasteiger partial charge in [-0.15, -0.1) is 0 Å². The van der Waals surface area contributed by atoms with Crippen LogP contribution in [0.1, 0.15) is 38.3 Å². The maximum absolute atomic E-state index is 12.4. The van der Waals surface area contributed by atoms with E-state index in [1.54, 1.807) is 24.3 Å². The van der Waals surface area contributed by atoms with Crippen LogP contribution in [-0.4, -0.2) is 18.3 Å². The van der Waals surface area contributed by atoms with E-state index in [-0.39, 0.29) is 12.0 Å². The molecule has 0 aliphatic heterocycles. The highest BCUT2D eigenvalue weighted by Gasteiger charge is 2.57. The van der Waals surface area contributed by atoms with Gasteiger partial charge in [0.05, 0.1) is 0 Å². The molecule has 0 heterocycles. The molecule has 24 heavy (non-hydrogen) atoms. The zero-order valence-electron chi connectivity index (χ0n) is 13.5. The van der Waals surface area contributed by atoms with Gasteiger partial charge in [0.2, 0.25) is 5.91 Å². The van der Waals surface area contributed by atoms with Crippen LogP contribution in [0, 0.1) is 5.92 Å². The third-order valence-corrected chi connectivity index (χ3v) is 3.49. The Balaban J connectivity index is 2.66. The van der Waals surface area contributed by atoms with Gasteiger partial charge in [-0.1, -0.05) is 45.0 Å². The Labute approximate surface area is 136 Å². The van der Waals surface area contributed by atoms with Crippen LogP contribution in [-0.2, 0) is 16.8 Å². The molecule has 0 aliphatic rings. The van der Waals surface area contributed by atoms with E-state index in [1.165, 1.54) is 0 Å². The van der Waals surface area contributed by atoms with E-state index >= 15 is 0 Å². The minimum absolute atomic E-state index is 0.0889. The number of hydrogen-bond donors (Lipinski definition) is 1. The van der Waals surface area contributed by atoms with Crippen molar-refractivity contribution in [2.45, 2.75) is 51.5 Å². The van der Waals surface area contributed by atoms with Crippen LogP contribution in [0.2, 0.25) is 0 Å². The zero-order valence-corrected chi connectivity index (χ0v) is 13.5. The van der Waals surface area contributed by atoms with Crippen molar-refractivity contribution < 1.29 is 31.1 Å². The van der Waals surface area contributed by atoms with E-state index in [2.05, 4.69) is 5.32 Å². The van der Waals surface area contributed by atoms with Crippen molar-refractivity contribution in [2.75, 3.05) is 0 Å². The van der Waals surface area contributed by atoms with Crippen LogP contribution >= 0.6 is 0 Å². The van der Waals surface area contributed by atoms with Gasteiger partial charge in [0.15, 0.2) is 5.92 Å². The van der Waals surface area contributed by atoms with Gasteiger partial charge >= 0.3 is 12.4 Å². The number of carbonyl (C=O) groups is 1. The molecule has 1 amide bonds. The molecule has 1 rings (SSSR count). The molecule has 0 spiro atoms. The van der Waals surface area contributed by atoms with Crippen LogP contribution < -0.4 is 5.32 Å². The molecule has 0 aliphatic carbocycles. The lowest BCUT2D eigenvalue weighted by Gasteiger charge is -2.22. The number of amides is 1. The topological polar surface area (TPSA) is 29.1 Å². The summed E-state index contributed by atoms with van der Waals surface area (Å²) < 4.78 is 74.4. The number of benzene rings is 1. The average Bonchev–Trinajstić information content (AvgIpc) is 2.39. The van der Waals surface area contributed by atoms with Crippen molar-refractivity contribution >= 4 is 5.91 Å². The zero-order chi connectivity index (χ0) is 18.8. The summed E-state index contributed by atoms with van der Waals surface area (Å²) in [5.41, 5.74) is 1.52. The van der Waals surface area contributed by atoms with Gasteiger partial charge in [0.1, 0.15) is 0 Å². The fourth-order valence-electron chi connectivity index (χ4n) is 2.00. The van der Waals surface area contributed by atoms with Crippen molar-refractivity contribution in [3.05, 3.63) is 35.4 Å². The van der Waals surface area contributed by atoms with Gasteiger partial charge < -0.3 is 5.32 Å². The molecule has 0 atom stereocenters. The number of hydrogen-bond acceptors (Lipinski definition) is 1. The molecule has 0 fully saturated rings. The van der Waals surface area contributed by atoms with Gasteiger partial charge in [-0.25, -0.2) is 0 Å². The normalized spacial score (nSPS) is 13.2. The summed E-state index contributed by atoms with van der Waals surface area (Å²) in [4.78, 5) is 11.4. The molecule has 1 aromatic carbocycles. The molecule has 0 unspecified atom stereocenters. The maximum atomic E-state index is 12.4. The van der Waals surface area contributed by atoms with E-state index in [0.717, 1.165) is 5.56 Å². The van der Waals surface area contributed by atoms with E-state index in [4.69, 9.17) is 0 Å². The second-order valence-corrected chi connectivity index (χ2v) is 6.56. The molecule has 0 aromatic heterocycles. The molecule has 136 valence electrons. The average molecular weight is 355 g/mol. The van der Waals surface area contributed by atoms with Crippen molar-refractivity contribution in [1.29, 1.82) is 0 Å². The quantitative estimate of drug-likeness (QED) is 0.777. The number of nitrogens with one attached hydrogen (secondary N) is 1. The number of halogens is 6. The fourth-order valence-corrected chi connectivity index (χ4v) is 2.00. The molecule has 1 N–H and O–H groups in total. The van der Waals surface area contributed by atoms with Crippen molar-refractivity contribution in [2.24, 2.45) is 5.92 Å². The Morgan fingerprint density at radius 1 is 0.958 bits per heavy atom. The largest absolute Gasteiger partial charge is 0.400 e. The summed E-state index contributed by atoms with van der Waals surface area (Å²) in [7, 11) is 0. The Kier molecular flexibility index (Phi) is 5.95. The van der Waals surface area contributed by atoms with Crippen molar-refractivity contribution in [1.82, 2.24) is 5.32 Å². The van der Waals surface area contributed by atoms with Crippen LogP contribution in [0.4, 0.5) is 26.3 Å². The highest BCUT2D eigenvalue weighted by Crippen LogP contribution is 2.41. The molecular formula is C16H19F6NO. The summed E-state index contributed by atoms with van der Waals surface area (Å²) in [6, 6.07) is 6.95. The van der Waals surface area contributed by atoms with Crippen molar-refractivity contribution in [3.63, 3.8) is 0 Å². The fraction of sp³-hybridized carbons (Fsp3) is 0.562. The third kappa shape index (κ3) is 6.05. The first-order chi connectivity index (χ1) is 10.7. The lowest BCUT2D eigenvalue weighted by Crippen LogP contribution is -2.40. The first kappa shape index (κ1) is 20.3. The molecule has 2 nitrogen and oxygen atoms in total. The third-order valence-electron chi connectivity index (χ3n) is 3.49. The van der Waals surface area contributed by atoms with E-state index in [1.807, 2.05) is 20.8 Å². The van der Waals surface area contributed by atoms with Crippen LogP contribution in [0.3, 0.4) is 0 Å². The SMILES string of the molecule is CC(C)(C)c1ccc(CNC(=O)CC(C(F)(F)F)C(F)(F)F)cc1. The van der Waals surface area contributed by atoms with Gasteiger partial charge in [-0.2, -0.15) is 26.3 Å². The predicted octanol–water partition coefficient (Wildman–Crippen LogP) is 4.73. The first-order valence-electron chi connectivity index (χ1n) is 7.21. The number of rotatable bonds is 4. The number of carbonyl (C=O) groups excluding carboxylic acids is 1. The van der Waals surface area contributed by atoms with E-state index < -0.39 is 30.6 Å². The molecule has 1 aromatic rings. The predicted molar refractivity (Wildman–Crippen MR) is 77.2 cm³/mol. The lowest BCUT2D eigenvalue weighted by molar-refractivity contribution is -0.284. The molecule has 0 bridgehead atoms. The first-order valence-corrected chi connectivity index (χ1v) is 7.21. The van der Waals surface area contributed by atoms with E-state index in [9.17, 15) is 31.1 Å². The monoisotopic (exact) mass is 355 g/mol. The maximum Gasteiger partial charge on any atom is 0.400 e. The van der Waals surface area contributed by atoms with Crippen LogP contribution in [0.5, 0.6) is 0 Å². The van der Waals surface area contributed by atoms with E-state index in [0.29, 0.717) is 5.56 Å². The second kappa shape index (κ2) is 7.03. The Morgan fingerprint density at radius 2 is 1.42 bits per heavy atom. The summed E-state index contributed by atoms with van der Waals surface area (Å²) in [6.07, 6.45) is -12.7. The smallest absolute Gasteiger partial charge is 0.352 e.